The van der Waals surface area contributed by atoms with E-state index in [1.165, 1.54) is 10.6 Å². The molecule has 0 radical (unpaired) electrons. The molecule has 2 heterocycles. The van der Waals surface area contributed by atoms with Crippen LogP contribution in [0.25, 0.3) is 5.69 Å². The first-order valence-corrected chi connectivity index (χ1v) is 11.5. The van der Waals surface area contributed by atoms with Crippen LogP contribution in [0, 0.1) is 18.6 Å². The molecule has 0 N–H and O–H groups in total. The van der Waals surface area contributed by atoms with Crippen molar-refractivity contribution in [1.82, 2.24) is 9.47 Å². The summed E-state index contributed by atoms with van der Waals surface area (Å²) in [5, 5.41) is 0. The van der Waals surface area contributed by atoms with Crippen LogP contribution in [0.15, 0.2) is 57.8 Å². The molecule has 33 heavy (non-hydrogen) atoms. The minimum atomic E-state index is -0.713. The number of hydrogen-bond acceptors (Lipinski definition) is 3. The van der Waals surface area contributed by atoms with Crippen LogP contribution in [-0.4, -0.2) is 28.5 Å². The number of aromatic nitrogens is 1. The van der Waals surface area contributed by atoms with Crippen molar-refractivity contribution in [3.8, 4) is 11.4 Å². The summed E-state index contributed by atoms with van der Waals surface area (Å²) < 4.78 is 34.3. The molecule has 0 unspecified atom stereocenters. The van der Waals surface area contributed by atoms with Crippen LogP contribution in [-0.2, 0) is 6.61 Å². The van der Waals surface area contributed by atoms with E-state index in [0.29, 0.717) is 16.9 Å². The highest BCUT2D eigenvalue weighted by molar-refractivity contribution is 9.10. The lowest BCUT2D eigenvalue weighted by atomic mass is 10.1. The van der Waals surface area contributed by atoms with E-state index in [1.807, 2.05) is 4.90 Å². The molecule has 3 aromatic rings. The van der Waals surface area contributed by atoms with E-state index in [-0.39, 0.29) is 33.9 Å². The Kier molecular flexibility index (Phi) is 6.93. The lowest BCUT2D eigenvalue weighted by Crippen LogP contribution is -2.35. The summed E-state index contributed by atoms with van der Waals surface area (Å²) in [7, 11) is 0. The molecule has 1 aromatic heterocycles. The number of carbonyl (C=O) groups is 1. The second-order valence-electron chi connectivity index (χ2n) is 8.03. The molecule has 0 aliphatic carbocycles. The molecule has 1 amide bonds. The lowest BCUT2D eigenvalue weighted by molar-refractivity contribution is 0.0724. The molecule has 0 bridgehead atoms. The van der Waals surface area contributed by atoms with Crippen molar-refractivity contribution in [3.63, 3.8) is 0 Å². The number of benzene rings is 2. The van der Waals surface area contributed by atoms with E-state index in [4.69, 9.17) is 4.74 Å². The number of carbonyl (C=O) groups excluding carboxylic acids is 1. The Morgan fingerprint density at radius 1 is 1.03 bits per heavy atom. The number of ether oxygens (including phenoxy) is 1. The highest BCUT2D eigenvalue weighted by Gasteiger charge is 2.19. The predicted octanol–water partition coefficient (Wildman–Crippen LogP) is 5.39. The van der Waals surface area contributed by atoms with Crippen LogP contribution in [0.2, 0.25) is 0 Å². The van der Waals surface area contributed by atoms with Gasteiger partial charge in [0.1, 0.15) is 28.5 Å². The van der Waals surface area contributed by atoms with Crippen LogP contribution in [0.4, 0.5) is 8.78 Å². The SMILES string of the molecule is Cc1cc(OCc2ccc(F)cc2F)c(Br)c(=O)n1-c1ccc(C(=O)N2CCCCC2)cc1. The van der Waals surface area contributed by atoms with Crippen LogP contribution < -0.4 is 10.3 Å². The largest absolute Gasteiger partial charge is 0.487 e. The zero-order valence-electron chi connectivity index (χ0n) is 18.1. The van der Waals surface area contributed by atoms with Gasteiger partial charge in [0.25, 0.3) is 11.5 Å². The molecule has 2 aromatic carbocycles. The van der Waals surface area contributed by atoms with Crippen molar-refractivity contribution in [2.45, 2.75) is 32.8 Å². The van der Waals surface area contributed by atoms with Gasteiger partial charge in [0.2, 0.25) is 0 Å². The predicted molar refractivity (Wildman–Crippen MR) is 125 cm³/mol. The lowest BCUT2D eigenvalue weighted by Gasteiger charge is -2.26. The Bertz CT molecular complexity index is 1240. The summed E-state index contributed by atoms with van der Waals surface area (Å²) in [6.07, 6.45) is 3.20. The number of likely N-dealkylation sites (tertiary alicyclic amines) is 1. The zero-order valence-corrected chi connectivity index (χ0v) is 19.7. The fraction of sp³-hybridized carbons (Fsp3) is 0.280. The minimum absolute atomic E-state index is 0.00303. The molecule has 0 spiro atoms. The average molecular weight is 517 g/mol. The molecule has 0 saturated carbocycles. The molecular weight excluding hydrogens is 494 g/mol. The van der Waals surface area contributed by atoms with Gasteiger partial charge in [-0.2, -0.15) is 0 Å². The third-order valence-corrected chi connectivity index (χ3v) is 6.44. The van der Waals surface area contributed by atoms with E-state index in [2.05, 4.69) is 15.9 Å². The van der Waals surface area contributed by atoms with Crippen LogP contribution in [0.3, 0.4) is 0 Å². The van der Waals surface area contributed by atoms with Gasteiger partial charge in [-0.25, -0.2) is 8.78 Å². The molecule has 172 valence electrons. The van der Waals surface area contributed by atoms with E-state index in [9.17, 15) is 18.4 Å². The van der Waals surface area contributed by atoms with Crippen molar-refractivity contribution < 1.29 is 18.3 Å². The Hall–Kier alpha value is -3.00. The molecule has 1 fully saturated rings. The quantitative estimate of drug-likeness (QED) is 0.456. The Morgan fingerprint density at radius 3 is 2.39 bits per heavy atom. The number of amides is 1. The van der Waals surface area contributed by atoms with E-state index < -0.39 is 11.6 Å². The molecule has 1 saturated heterocycles. The summed E-state index contributed by atoms with van der Waals surface area (Å²) in [5.74, 6) is -1.12. The van der Waals surface area contributed by atoms with Gasteiger partial charge >= 0.3 is 0 Å². The number of piperidine rings is 1. The number of aryl methyl sites for hydroxylation is 1. The fourth-order valence-corrected chi connectivity index (χ4v) is 4.34. The smallest absolute Gasteiger partial charge is 0.273 e. The third-order valence-electron chi connectivity index (χ3n) is 5.71. The van der Waals surface area contributed by atoms with Gasteiger partial charge in [-0.05, 0) is 78.5 Å². The monoisotopic (exact) mass is 516 g/mol. The third kappa shape index (κ3) is 5.00. The summed E-state index contributed by atoms with van der Waals surface area (Å²) in [4.78, 5) is 27.6. The Labute approximate surface area is 198 Å². The van der Waals surface area contributed by atoms with Gasteiger partial charge in [0.15, 0.2) is 0 Å². The van der Waals surface area contributed by atoms with E-state index in [0.717, 1.165) is 44.5 Å². The number of rotatable bonds is 5. The maximum Gasteiger partial charge on any atom is 0.273 e. The first kappa shape index (κ1) is 23.2. The van der Waals surface area contributed by atoms with Gasteiger partial charge in [0, 0.05) is 47.7 Å². The average Bonchev–Trinajstić information content (AvgIpc) is 2.82. The van der Waals surface area contributed by atoms with Crippen LogP contribution in [0.5, 0.6) is 5.75 Å². The number of nitrogens with zero attached hydrogens (tertiary/aromatic N) is 2. The summed E-state index contributed by atoms with van der Waals surface area (Å²) in [6, 6.07) is 11.9. The maximum absolute atomic E-state index is 13.9. The molecule has 8 heteroatoms. The van der Waals surface area contributed by atoms with Gasteiger partial charge in [-0.1, -0.05) is 0 Å². The Morgan fingerprint density at radius 2 is 1.73 bits per heavy atom. The number of hydrogen-bond donors (Lipinski definition) is 0. The normalized spacial score (nSPS) is 13.8. The second kappa shape index (κ2) is 9.87. The minimum Gasteiger partial charge on any atom is -0.487 e. The van der Waals surface area contributed by atoms with Gasteiger partial charge in [-0.3, -0.25) is 14.2 Å². The van der Waals surface area contributed by atoms with Gasteiger partial charge in [-0.15, -0.1) is 0 Å². The topological polar surface area (TPSA) is 51.5 Å². The second-order valence-corrected chi connectivity index (χ2v) is 8.82. The summed E-state index contributed by atoms with van der Waals surface area (Å²) in [5.41, 5.74) is 1.64. The standard InChI is InChI=1S/C25H23BrF2N2O3/c1-16-13-22(33-15-18-5-8-19(27)14-21(18)28)23(26)25(32)30(16)20-9-6-17(7-10-20)24(31)29-11-3-2-4-12-29/h5-10,13-14H,2-4,11-12,15H2,1H3. The van der Waals surface area contributed by atoms with E-state index in [1.54, 1.807) is 37.3 Å². The highest BCUT2D eigenvalue weighted by Crippen LogP contribution is 2.26. The maximum atomic E-state index is 13.9. The molecule has 5 nitrogen and oxygen atoms in total. The molecule has 1 aliphatic rings. The first-order valence-electron chi connectivity index (χ1n) is 10.7. The van der Waals surface area contributed by atoms with Crippen molar-refractivity contribution in [2.24, 2.45) is 0 Å². The highest BCUT2D eigenvalue weighted by atomic mass is 79.9. The van der Waals surface area contributed by atoms with Gasteiger partial charge < -0.3 is 9.64 Å². The van der Waals surface area contributed by atoms with Crippen molar-refractivity contribution >= 4 is 21.8 Å². The first-order chi connectivity index (χ1) is 15.8. The van der Waals surface area contributed by atoms with Crippen molar-refractivity contribution in [3.05, 3.63) is 91.8 Å². The Balaban J connectivity index is 1.55. The van der Waals surface area contributed by atoms with Crippen LogP contribution >= 0.6 is 15.9 Å². The summed E-state index contributed by atoms with van der Waals surface area (Å²) in [6.45, 7) is 3.15. The van der Waals surface area contributed by atoms with Crippen molar-refractivity contribution in [1.29, 1.82) is 0 Å². The zero-order chi connectivity index (χ0) is 23.5. The molecular formula is C25H23BrF2N2O3. The van der Waals surface area contributed by atoms with Crippen LogP contribution in [0.1, 0.15) is 40.9 Å². The van der Waals surface area contributed by atoms with Crippen molar-refractivity contribution in [2.75, 3.05) is 13.1 Å². The fourth-order valence-electron chi connectivity index (χ4n) is 3.93. The molecule has 0 atom stereocenters. The molecule has 4 rings (SSSR count). The molecule has 1 aliphatic heterocycles. The summed E-state index contributed by atoms with van der Waals surface area (Å²) >= 11 is 3.28. The van der Waals surface area contributed by atoms with E-state index >= 15 is 0 Å². The number of halogens is 3. The number of pyridine rings is 1. The van der Waals surface area contributed by atoms with Gasteiger partial charge in [0.05, 0.1) is 0 Å².